The van der Waals surface area contributed by atoms with E-state index in [-0.39, 0.29) is 22.8 Å². The van der Waals surface area contributed by atoms with Gasteiger partial charge in [0, 0.05) is 19.7 Å². The fraction of sp³-hybridized carbons (Fsp3) is 0.516. The average molecular weight is 557 g/mol. The number of anilines is 3. The molecule has 1 atom stereocenters. The highest BCUT2D eigenvalue weighted by Gasteiger charge is 2.37. The molecule has 0 spiro atoms. The predicted molar refractivity (Wildman–Crippen MR) is 161 cm³/mol. The van der Waals surface area contributed by atoms with E-state index in [0.29, 0.717) is 17.9 Å². The van der Waals surface area contributed by atoms with Crippen molar-refractivity contribution in [3.63, 3.8) is 0 Å². The predicted octanol–water partition coefficient (Wildman–Crippen LogP) is 9.07. The van der Waals surface area contributed by atoms with Crippen LogP contribution in [0.25, 0.3) is 0 Å². The summed E-state index contributed by atoms with van der Waals surface area (Å²) in [5, 5.41) is 14.0. The molecule has 39 heavy (non-hydrogen) atoms. The van der Waals surface area contributed by atoms with Crippen molar-refractivity contribution in [3.05, 3.63) is 60.4 Å². The Labute approximate surface area is 234 Å². The van der Waals surface area contributed by atoms with Crippen LogP contribution in [0.15, 0.2) is 37.4 Å². The number of aryl methyl sites for hydroxylation is 1. The van der Waals surface area contributed by atoms with E-state index in [1.807, 2.05) is 20.6 Å². The summed E-state index contributed by atoms with van der Waals surface area (Å²) in [7, 11) is 2.87. The highest BCUT2D eigenvalue weighted by atomic mass is 19.2. The Balaban J connectivity index is -0.000000597. The number of carbonyl (C=O) groups excluding carboxylic acids is 1. The third-order valence-corrected chi connectivity index (χ3v) is 5.29. The van der Waals surface area contributed by atoms with E-state index in [0.717, 1.165) is 11.6 Å². The van der Waals surface area contributed by atoms with Crippen LogP contribution in [0, 0.1) is 35.7 Å². The van der Waals surface area contributed by atoms with Crippen molar-refractivity contribution in [3.8, 4) is 5.75 Å². The van der Waals surface area contributed by atoms with E-state index in [1.54, 1.807) is 13.0 Å². The molecule has 0 aromatic heterocycles. The van der Waals surface area contributed by atoms with Gasteiger partial charge in [-0.1, -0.05) is 54.0 Å². The second kappa shape index (κ2) is 22.9. The molecule has 0 heterocycles. The maximum absolute atomic E-state index is 14.0. The number of aliphatic hydroxyl groups excluding tert-OH is 1. The normalized spacial score (nSPS) is 12.3. The molecule has 8 heteroatoms. The second-order valence-corrected chi connectivity index (χ2v) is 8.99. The first-order valence-corrected chi connectivity index (χ1v) is 13.2. The topological polar surface area (TPSA) is 70.6 Å². The van der Waals surface area contributed by atoms with Crippen LogP contribution < -0.4 is 15.4 Å². The maximum atomic E-state index is 14.0. The van der Waals surface area contributed by atoms with Crippen molar-refractivity contribution in [2.75, 3.05) is 31.4 Å². The molecule has 224 valence electrons. The summed E-state index contributed by atoms with van der Waals surface area (Å²) in [5.74, 6) is -2.12. The van der Waals surface area contributed by atoms with E-state index in [4.69, 9.17) is 14.6 Å². The van der Waals surface area contributed by atoms with Crippen LogP contribution in [0.2, 0.25) is 0 Å². The maximum Gasteiger partial charge on any atom is 0.184 e. The molecule has 5 nitrogen and oxygen atoms in total. The zero-order valence-electron chi connectivity index (χ0n) is 25.4. The molecule has 2 aromatic rings. The molecular weight excluding hydrogens is 505 g/mol. The molecule has 1 saturated carbocycles. The van der Waals surface area contributed by atoms with Crippen molar-refractivity contribution in [1.82, 2.24) is 0 Å². The SMILES string of the molecule is C=C.C=O.CC.CC(CO)CC1(C)CC1.CCC.CNc1c(OC)cc(F)c(F)c1Nc1ccc(C)cc1F. The Bertz CT molecular complexity index is 920. The van der Waals surface area contributed by atoms with Crippen LogP contribution in [0.1, 0.15) is 72.8 Å². The van der Waals surface area contributed by atoms with Crippen LogP contribution in [-0.4, -0.2) is 32.7 Å². The van der Waals surface area contributed by atoms with Gasteiger partial charge in [-0.15, -0.1) is 13.2 Å². The number of ether oxygens (including phenoxy) is 1. The standard InChI is InChI=1S/C15H15F3N2O.C8H16O.C3H8.C2H6.C2H4.CH2O/c1-8-4-5-11(9(16)6-8)20-15-13(18)10(17)7-12(21-3)14(15)19-2;1-7(6-9)5-8(2)3-4-8;1-3-2;3*1-2/h4-7,19-20H,1-3H3;7,9H,3-6H2,1-2H3;3H2,1-2H3;1-2H3;1-2H2;1H2. The fourth-order valence-electron chi connectivity index (χ4n) is 3.31. The molecule has 3 N–H and O–H groups in total. The summed E-state index contributed by atoms with van der Waals surface area (Å²) in [6.07, 6.45) is 5.21. The largest absolute Gasteiger partial charge is 0.494 e. The van der Waals surface area contributed by atoms with Gasteiger partial charge in [-0.05, 0) is 55.2 Å². The zero-order chi connectivity index (χ0) is 31.2. The first kappa shape index (κ1) is 40.5. The van der Waals surface area contributed by atoms with Crippen LogP contribution in [0.5, 0.6) is 5.75 Å². The van der Waals surface area contributed by atoms with Gasteiger partial charge in [-0.2, -0.15) is 0 Å². The first-order chi connectivity index (χ1) is 18.5. The van der Waals surface area contributed by atoms with E-state index in [9.17, 15) is 13.2 Å². The molecule has 3 rings (SSSR count). The lowest BCUT2D eigenvalue weighted by molar-refractivity contribution is -0.0980. The van der Waals surface area contributed by atoms with Crippen LogP contribution >= 0.6 is 0 Å². The second-order valence-electron chi connectivity index (χ2n) is 8.99. The molecule has 2 aromatic carbocycles. The van der Waals surface area contributed by atoms with E-state index in [2.05, 4.69) is 51.5 Å². The monoisotopic (exact) mass is 556 g/mol. The van der Waals surface area contributed by atoms with Crippen molar-refractivity contribution < 1.29 is 27.8 Å². The van der Waals surface area contributed by atoms with Gasteiger partial charge in [0.1, 0.15) is 29.7 Å². The van der Waals surface area contributed by atoms with Crippen molar-refractivity contribution in [1.29, 1.82) is 0 Å². The van der Waals surface area contributed by atoms with Gasteiger partial charge in [-0.3, -0.25) is 0 Å². The summed E-state index contributed by atoms with van der Waals surface area (Å²) in [6.45, 7) is 22.8. The van der Waals surface area contributed by atoms with Gasteiger partial charge in [0.2, 0.25) is 0 Å². The van der Waals surface area contributed by atoms with Gasteiger partial charge < -0.3 is 25.3 Å². The average Bonchev–Trinajstić information content (AvgIpc) is 3.68. The van der Waals surface area contributed by atoms with Gasteiger partial charge in [0.25, 0.3) is 0 Å². The number of rotatable bonds is 7. The molecule has 1 aliphatic carbocycles. The minimum absolute atomic E-state index is 0.0450. The molecule has 0 aliphatic heterocycles. The summed E-state index contributed by atoms with van der Waals surface area (Å²) in [4.78, 5) is 8.00. The first-order valence-electron chi connectivity index (χ1n) is 13.2. The number of benzene rings is 2. The molecular formula is C31H51F3N2O3. The van der Waals surface area contributed by atoms with Gasteiger partial charge in [-0.25, -0.2) is 13.2 Å². The number of hydrogen-bond acceptors (Lipinski definition) is 5. The molecule has 1 aliphatic rings. The Morgan fingerprint density at radius 1 is 1.05 bits per heavy atom. The molecule has 0 amide bonds. The van der Waals surface area contributed by atoms with Crippen molar-refractivity contribution >= 4 is 23.9 Å². The third kappa shape index (κ3) is 15.2. The lowest BCUT2D eigenvalue weighted by Crippen LogP contribution is -2.06. The third-order valence-electron chi connectivity index (χ3n) is 5.29. The number of aliphatic hydroxyl groups is 1. The molecule has 1 fully saturated rings. The van der Waals surface area contributed by atoms with Crippen molar-refractivity contribution in [2.24, 2.45) is 11.3 Å². The van der Waals surface area contributed by atoms with Crippen LogP contribution in [0.4, 0.5) is 30.2 Å². The van der Waals surface area contributed by atoms with Gasteiger partial charge >= 0.3 is 0 Å². The number of halogens is 3. The van der Waals surface area contributed by atoms with E-state index < -0.39 is 17.5 Å². The lowest BCUT2D eigenvalue weighted by Gasteiger charge is -2.17. The Hall–Kier alpha value is -3.00. The van der Waals surface area contributed by atoms with Crippen LogP contribution in [-0.2, 0) is 4.79 Å². The highest BCUT2D eigenvalue weighted by Crippen LogP contribution is 2.49. The summed E-state index contributed by atoms with van der Waals surface area (Å²) in [6, 6.07) is 5.35. The zero-order valence-corrected chi connectivity index (χ0v) is 25.4. The fourth-order valence-corrected chi connectivity index (χ4v) is 3.31. The number of hydrogen-bond donors (Lipinski definition) is 3. The Kier molecular flexibility index (Phi) is 23.8. The summed E-state index contributed by atoms with van der Waals surface area (Å²) >= 11 is 0. The Morgan fingerprint density at radius 2 is 1.56 bits per heavy atom. The molecule has 0 bridgehead atoms. The smallest absolute Gasteiger partial charge is 0.184 e. The number of nitrogens with one attached hydrogen (secondary N) is 2. The van der Waals surface area contributed by atoms with E-state index in [1.165, 1.54) is 52.0 Å². The summed E-state index contributed by atoms with van der Waals surface area (Å²) in [5.41, 5.74) is 1.38. The number of methoxy groups -OCH3 is 1. The molecule has 0 saturated heterocycles. The van der Waals surface area contributed by atoms with Gasteiger partial charge in [0.15, 0.2) is 11.6 Å². The quantitative estimate of drug-likeness (QED) is 0.297. The van der Waals surface area contributed by atoms with Gasteiger partial charge in [0.05, 0.1) is 12.8 Å². The highest BCUT2D eigenvalue weighted by molar-refractivity contribution is 5.80. The minimum atomic E-state index is -1.11. The minimum Gasteiger partial charge on any atom is -0.494 e. The van der Waals surface area contributed by atoms with E-state index >= 15 is 0 Å². The molecule has 0 radical (unpaired) electrons. The number of carbonyl (C=O) groups is 1. The summed E-state index contributed by atoms with van der Waals surface area (Å²) < 4.78 is 46.5. The van der Waals surface area contributed by atoms with Crippen molar-refractivity contribution in [2.45, 2.75) is 74.1 Å². The van der Waals surface area contributed by atoms with Crippen LogP contribution in [0.3, 0.4) is 0 Å². The molecule has 1 unspecified atom stereocenters. The lowest BCUT2D eigenvalue weighted by atomic mass is 9.96. The Morgan fingerprint density at radius 3 is 1.95 bits per heavy atom.